The molecular weight excluding hydrogens is 208 g/mol. The maximum atomic E-state index is 3.45. The molecule has 0 spiro atoms. The molecule has 0 heterocycles. The van der Waals surface area contributed by atoms with Crippen LogP contribution in [0, 0.1) is 0 Å². The first-order chi connectivity index (χ1) is 8.34. The largest absolute Gasteiger partial charge is 0.383 e. The van der Waals surface area contributed by atoms with Crippen LogP contribution in [0.4, 0.5) is 11.4 Å². The summed E-state index contributed by atoms with van der Waals surface area (Å²) in [5.41, 5.74) is 2.32. The Bertz CT molecular complexity index is 425. The van der Waals surface area contributed by atoms with Crippen molar-refractivity contribution in [3.8, 4) is 0 Å². The van der Waals surface area contributed by atoms with Gasteiger partial charge in [-0.2, -0.15) is 0 Å². The molecule has 2 rings (SSSR count). The Kier molecular flexibility index (Phi) is 4.03. The Morgan fingerprint density at radius 2 is 1.35 bits per heavy atom. The molecule has 88 valence electrons. The van der Waals surface area contributed by atoms with Gasteiger partial charge >= 0.3 is 0 Å². The summed E-state index contributed by atoms with van der Waals surface area (Å²) in [5, 5.41) is 6.85. The van der Waals surface area contributed by atoms with E-state index in [0.29, 0.717) is 6.04 Å². The van der Waals surface area contributed by atoms with Crippen LogP contribution in [0.2, 0.25) is 0 Å². The lowest BCUT2D eigenvalue weighted by atomic mass is 10.2. The van der Waals surface area contributed by atoms with Crippen LogP contribution in [-0.4, -0.2) is 12.6 Å². The third kappa shape index (κ3) is 3.83. The number of nitrogens with one attached hydrogen (secondary N) is 2. The van der Waals surface area contributed by atoms with Gasteiger partial charge in [-0.3, -0.25) is 0 Å². The lowest BCUT2D eigenvalue weighted by molar-refractivity contribution is 0.836. The molecule has 2 aromatic carbocycles. The number of hydrogen-bond acceptors (Lipinski definition) is 2. The third-order valence-electron chi connectivity index (χ3n) is 2.57. The predicted octanol–water partition coefficient (Wildman–Crippen LogP) is 3.60. The van der Waals surface area contributed by atoms with Crippen molar-refractivity contribution in [1.29, 1.82) is 0 Å². The molecule has 0 fully saturated rings. The van der Waals surface area contributed by atoms with Gasteiger partial charge < -0.3 is 10.6 Å². The lowest BCUT2D eigenvalue weighted by Gasteiger charge is -2.16. The van der Waals surface area contributed by atoms with E-state index in [-0.39, 0.29) is 0 Å². The fraction of sp³-hybridized carbons (Fsp3) is 0.200. The van der Waals surface area contributed by atoms with E-state index in [9.17, 15) is 0 Å². The first kappa shape index (κ1) is 11.5. The maximum Gasteiger partial charge on any atom is 0.0405 e. The van der Waals surface area contributed by atoms with Gasteiger partial charge in [-0.1, -0.05) is 36.4 Å². The van der Waals surface area contributed by atoms with Crippen LogP contribution in [0.5, 0.6) is 0 Å². The second-order valence-corrected chi connectivity index (χ2v) is 4.16. The highest BCUT2D eigenvalue weighted by Crippen LogP contribution is 2.08. The second kappa shape index (κ2) is 5.94. The maximum absolute atomic E-state index is 3.45. The van der Waals surface area contributed by atoms with Gasteiger partial charge in [-0.25, -0.2) is 0 Å². The summed E-state index contributed by atoms with van der Waals surface area (Å²) in [6.45, 7) is 3.07. The van der Waals surface area contributed by atoms with Crippen LogP contribution >= 0.6 is 0 Å². The Hall–Kier alpha value is -1.96. The van der Waals surface area contributed by atoms with Crippen LogP contribution < -0.4 is 10.6 Å². The van der Waals surface area contributed by atoms with Crippen molar-refractivity contribution in [2.45, 2.75) is 13.0 Å². The van der Waals surface area contributed by atoms with E-state index < -0.39 is 0 Å². The van der Waals surface area contributed by atoms with Gasteiger partial charge in [0, 0.05) is 24.0 Å². The van der Waals surface area contributed by atoms with Crippen LogP contribution in [0.1, 0.15) is 6.92 Å². The Morgan fingerprint density at radius 1 is 0.824 bits per heavy atom. The molecule has 2 heteroatoms. The van der Waals surface area contributed by atoms with Gasteiger partial charge in [0.15, 0.2) is 0 Å². The molecule has 1 atom stereocenters. The lowest BCUT2D eigenvalue weighted by Crippen LogP contribution is -2.24. The van der Waals surface area contributed by atoms with Gasteiger partial charge in [0.2, 0.25) is 0 Å². The molecule has 0 aliphatic heterocycles. The molecule has 0 aliphatic rings. The van der Waals surface area contributed by atoms with Crippen molar-refractivity contribution in [3.05, 3.63) is 60.7 Å². The van der Waals surface area contributed by atoms with E-state index in [2.05, 4.69) is 41.8 Å². The molecule has 2 N–H and O–H groups in total. The zero-order chi connectivity index (χ0) is 11.9. The Balaban J connectivity index is 1.80. The average molecular weight is 226 g/mol. The van der Waals surface area contributed by atoms with Crippen LogP contribution in [0.25, 0.3) is 0 Å². The van der Waals surface area contributed by atoms with E-state index >= 15 is 0 Å². The Morgan fingerprint density at radius 3 is 1.94 bits per heavy atom. The normalized spacial score (nSPS) is 11.8. The van der Waals surface area contributed by atoms with E-state index in [1.54, 1.807) is 0 Å². The molecule has 0 unspecified atom stereocenters. The van der Waals surface area contributed by atoms with Crippen LogP contribution in [0.15, 0.2) is 60.7 Å². The number of para-hydroxylation sites is 2. The first-order valence-corrected chi connectivity index (χ1v) is 5.95. The van der Waals surface area contributed by atoms with E-state index in [1.165, 1.54) is 0 Å². The molecule has 0 radical (unpaired) electrons. The van der Waals surface area contributed by atoms with Gasteiger partial charge in [-0.15, -0.1) is 0 Å². The Labute approximate surface area is 103 Å². The van der Waals surface area contributed by atoms with Crippen LogP contribution in [-0.2, 0) is 0 Å². The van der Waals surface area contributed by atoms with E-state index in [0.717, 1.165) is 17.9 Å². The monoisotopic (exact) mass is 226 g/mol. The summed E-state index contributed by atoms with van der Waals surface area (Å²) >= 11 is 0. The van der Waals surface area contributed by atoms with Crippen molar-refractivity contribution in [1.82, 2.24) is 0 Å². The molecule has 0 saturated heterocycles. The zero-order valence-corrected chi connectivity index (χ0v) is 10.1. The minimum Gasteiger partial charge on any atom is -0.383 e. The standard InChI is InChI=1S/C15H18N2/c1-13(17-15-10-6-3-7-11-15)12-16-14-8-4-2-5-9-14/h2-11,13,16-17H,12H2,1H3/t13-/m0/s1. The van der Waals surface area contributed by atoms with Gasteiger partial charge in [-0.05, 0) is 31.2 Å². The minimum atomic E-state index is 0.387. The fourth-order valence-corrected chi connectivity index (χ4v) is 1.70. The molecule has 2 nitrogen and oxygen atoms in total. The van der Waals surface area contributed by atoms with Gasteiger partial charge in [0.1, 0.15) is 0 Å². The zero-order valence-electron chi connectivity index (χ0n) is 10.1. The van der Waals surface area contributed by atoms with Crippen molar-refractivity contribution in [2.75, 3.05) is 17.2 Å². The highest BCUT2D eigenvalue weighted by molar-refractivity contribution is 5.45. The molecule has 0 aliphatic carbocycles. The second-order valence-electron chi connectivity index (χ2n) is 4.16. The topological polar surface area (TPSA) is 24.1 Å². The van der Waals surface area contributed by atoms with Crippen molar-refractivity contribution < 1.29 is 0 Å². The molecule has 0 saturated carbocycles. The highest BCUT2D eigenvalue weighted by Gasteiger charge is 2.00. The molecule has 0 bridgehead atoms. The van der Waals surface area contributed by atoms with Crippen molar-refractivity contribution >= 4 is 11.4 Å². The molecular formula is C15H18N2. The highest BCUT2D eigenvalue weighted by atomic mass is 15.0. The number of hydrogen-bond donors (Lipinski definition) is 2. The molecule has 0 aromatic heterocycles. The number of rotatable bonds is 5. The van der Waals surface area contributed by atoms with E-state index in [1.807, 2.05) is 36.4 Å². The summed E-state index contributed by atoms with van der Waals surface area (Å²) in [7, 11) is 0. The first-order valence-electron chi connectivity index (χ1n) is 5.95. The summed E-state index contributed by atoms with van der Waals surface area (Å²) in [6, 6.07) is 20.9. The summed E-state index contributed by atoms with van der Waals surface area (Å²) in [5.74, 6) is 0. The average Bonchev–Trinajstić information content (AvgIpc) is 2.39. The van der Waals surface area contributed by atoms with Gasteiger partial charge in [0.05, 0.1) is 0 Å². The van der Waals surface area contributed by atoms with Gasteiger partial charge in [0.25, 0.3) is 0 Å². The van der Waals surface area contributed by atoms with Crippen molar-refractivity contribution in [2.24, 2.45) is 0 Å². The number of benzene rings is 2. The molecule has 17 heavy (non-hydrogen) atoms. The SMILES string of the molecule is C[C@@H](CNc1ccccc1)Nc1ccccc1. The summed E-state index contributed by atoms with van der Waals surface area (Å²) < 4.78 is 0. The fourth-order valence-electron chi connectivity index (χ4n) is 1.70. The smallest absolute Gasteiger partial charge is 0.0405 e. The molecule has 0 amide bonds. The van der Waals surface area contributed by atoms with Crippen LogP contribution in [0.3, 0.4) is 0 Å². The van der Waals surface area contributed by atoms with E-state index in [4.69, 9.17) is 0 Å². The predicted molar refractivity (Wildman–Crippen MR) is 74.5 cm³/mol. The quantitative estimate of drug-likeness (QED) is 0.814. The minimum absolute atomic E-state index is 0.387. The molecule has 2 aromatic rings. The van der Waals surface area contributed by atoms with Crippen molar-refractivity contribution in [3.63, 3.8) is 0 Å². The number of anilines is 2. The summed E-state index contributed by atoms with van der Waals surface area (Å²) in [4.78, 5) is 0. The third-order valence-corrected chi connectivity index (χ3v) is 2.57. The summed E-state index contributed by atoms with van der Waals surface area (Å²) in [6.07, 6.45) is 0.